The molecule has 1 fully saturated rings. The molecule has 0 radical (unpaired) electrons. The number of carbonyl (C=O) groups excluding carboxylic acids is 2. The first-order valence-corrected chi connectivity index (χ1v) is 6.48. The Balaban J connectivity index is 2.19. The van der Waals surface area contributed by atoms with Crippen LogP contribution >= 0.6 is 0 Å². The van der Waals surface area contributed by atoms with E-state index in [0.717, 1.165) is 5.56 Å². The van der Waals surface area contributed by atoms with Crippen molar-refractivity contribution in [1.29, 1.82) is 0 Å². The molecule has 1 aromatic rings. The normalized spacial score (nSPS) is 20.8. The number of hydrogen-bond donors (Lipinski definition) is 2. The molecule has 0 aromatic heterocycles. The Kier molecular flexibility index (Phi) is 4.16. The highest BCUT2D eigenvalue weighted by molar-refractivity contribution is 5.91. The maximum absolute atomic E-state index is 12.6. The first kappa shape index (κ1) is 13.5. The van der Waals surface area contributed by atoms with Gasteiger partial charge in [-0.2, -0.15) is 0 Å². The standard InChI is InChI=1S/C14H19N3O2/c1-10-13(18)16-7-8-17(10)14(19)12(9-15)11-5-3-2-4-6-11/h2-6,10,12H,7-9,15H2,1H3,(H,16,18). The van der Waals surface area contributed by atoms with E-state index >= 15 is 0 Å². The van der Waals surface area contributed by atoms with Gasteiger partial charge in [0.25, 0.3) is 0 Å². The van der Waals surface area contributed by atoms with Crippen LogP contribution in [0, 0.1) is 0 Å². The predicted octanol–water partition coefficient (Wildman–Crippen LogP) is 0.0758. The average Bonchev–Trinajstić information content (AvgIpc) is 2.44. The van der Waals surface area contributed by atoms with Gasteiger partial charge in [0, 0.05) is 19.6 Å². The van der Waals surface area contributed by atoms with E-state index in [1.165, 1.54) is 0 Å². The van der Waals surface area contributed by atoms with Gasteiger partial charge in [-0.3, -0.25) is 9.59 Å². The van der Waals surface area contributed by atoms with Crippen molar-refractivity contribution in [3.8, 4) is 0 Å². The van der Waals surface area contributed by atoms with Gasteiger partial charge in [-0.15, -0.1) is 0 Å². The van der Waals surface area contributed by atoms with Gasteiger partial charge in [0.05, 0.1) is 5.92 Å². The Morgan fingerprint density at radius 2 is 2.16 bits per heavy atom. The molecule has 102 valence electrons. The summed E-state index contributed by atoms with van der Waals surface area (Å²) in [4.78, 5) is 25.8. The van der Waals surface area contributed by atoms with Crippen molar-refractivity contribution in [3.05, 3.63) is 35.9 Å². The van der Waals surface area contributed by atoms with Crippen LogP contribution in [0.15, 0.2) is 30.3 Å². The molecule has 2 amide bonds. The fourth-order valence-corrected chi connectivity index (χ4v) is 2.35. The topological polar surface area (TPSA) is 75.4 Å². The van der Waals surface area contributed by atoms with Gasteiger partial charge in [0.15, 0.2) is 0 Å². The number of nitrogens with two attached hydrogens (primary N) is 1. The van der Waals surface area contributed by atoms with E-state index in [1.807, 2.05) is 30.3 Å². The molecule has 1 heterocycles. The highest BCUT2D eigenvalue weighted by atomic mass is 16.2. The molecule has 1 aliphatic rings. The average molecular weight is 261 g/mol. The van der Waals surface area contributed by atoms with Gasteiger partial charge in [-0.05, 0) is 12.5 Å². The second kappa shape index (κ2) is 5.84. The lowest BCUT2D eigenvalue weighted by Gasteiger charge is -2.35. The minimum atomic E-state index is -0.431. The minimum Gasteiger partial charge on any atom is -0.353 e. The van der Waals surface area contributed by atoms with Crippen LogP contribution in [0.2, 0.25) is 0 Å². The van der Waals surface area contributed by atoms with Crippen molar-refractivity contribution in [2.45, 2.75) is 18.9 Å². The van der Waals surface area contributed by atoms with Crippen molar-refractivity contribution >= 4 is 11.8 Å². The zero-order valence-corrected chi connectivity index (χ0v) is 11.0. The molecule has 0 bridgehead atoms. The first-order valence-electron chi connectivity index (χ1n) is 6.48. The van der Waals surface area contributed by atoms with Crippen LogP contribution in [0.1, 0.15) is 18.4 Å². The zero-order valence-electron chi connectivity index (χ0n) is 11.0. The summed E-state index contributed by atoms with van der Waals surface area (Å²) in [6, 6.07) is 9.03. The Morgan fingerprint density at radius 3 is 2.79 bits per heavy atom. The number of carbonyl (C=O) groups is 2. The summed E-state index contributed by atoms with van der Waals surface area (Å²) in [5.41, 5.74) is 6.64. The Morgan fingerprint density at radius 1 is 1.47 bits per heavy atom. The molecule has 3 N–H and O–H groups in total. The van der Waals surface area contributed by atoms with Gasteiger partial charge in [0.2, 0.25) is 11.8 Å². The van der Waals surface area contributed by atoms with Gasteiger partial charge in [0.1, 0.15) is 6.04 Å². The summed E-state index contributed by atoms with van der Waals surface area (Å²) in [7, 11) is 0. The number of nitrogens with one attached hydrogen (secondary N) is 1. The molecule has 2 atom stereocenters. The molecule has 0 spiro atoms. The zero-order chi connectivity index (χ0) is 13.8. The maximum Gasteiger partial charge on any atom is 0.242 e. The molecule has 1 saturated heterocycles. The summed E-state index contributed by atoms with van der Waals surface area (Å²) < 4.78 is 0. The van der Waals surface area contributed by atoms with Gasteiger partial charge < -0.3 is 16.0 Å². The Labute approximate surface area is 112 Å². The largest absolute Gasteiger partial charge is 0.353 e. The maximum atomic E-state index is 12.6. The molecule has 5 heteroatoms. The summed E-state index contributed by atoms with van der Waals surface area (Å²) in [5, 5.41) is 2.75. The highest BCUT2D eigenvalue weighted by Crippen LogP contribution is 2.19. The minimum absolute atomic E-state index is 0.0731. The smallest absolute Gasteiger partial charge is 0.242 e. The molecule has 5 nitrogen and oxygen atoms in total. The number of nitrogens with zero attached hydrogens (tertiary/aromatic N) is 1. The monoisotopic (exact) mass is 261 g/mol. The molecular formula is C14H19N3O2. The van der Waals surface area contributed by atoms with Crippen LogP contribution in [0.5, 0.6) is 0 Å². The van der Waals surface area contributed by atoms with E-state index in [2.05, 4.69) is 5.32 Å². The van der Waals surface area contributed by atoms with Gasteiger partial charge in [-0.25, -0.2) is 0 Å². The number of hydrogen-bond acceptors (Lipinski definition) is 3. The molecule has 1 aromatic carbocycles. The molecular weight excluding hydrogens is 242 g/mol. The second-order valence-electron chi connectivity index (χ2n) is 4.70. The lowest BCUT2D eigenvalue weighted by molar-refractivity contribution is -0.143. The van der Waals surface area contributed by atoms with Crippen LogP contribution in [-0.4, -0.2) is 42.4 Å². The van der Waals surface area contributed by atoms with Crippen LogP contribution < -0.4 is 11.1 Å². The third kappa shape index (κ3) is 2.76. The highest BCUT2D eigenvalue weighted by Gasteiger charge is 2.33. The predicted molar refractivity (Wildman–Crippen MR) is 72.4 cm³/mol. The van der Waals surface area contributed by atoms with E-state index in [-0.39, 0.29) is 24.3 Å². The van der Waals surface area contributed by atoms with Gasteiger partial charge >= 0.3 is 0 Å². The fraction of sp³-hybridized carbons (Fsp3) is 0.429. The van der Waals surface area contributed by atoms with Crippen molar-refractivity contribution in [2.24, 2.45) is 5.73 Å². The van der Waals surface area contributed by atoms with Crippen LogP contribution in [0.3, 0.4) is 0 Å². The number of piperazine rings is 1. The van der Waals surface area contributed by atoms with Crippen molar-refractivity contribution in [3.63, 3.8) is 0 Å². The number of rotatable bonds is 3. The van der Waals surface area contributed by atoms with E-state index in [4.69, 9.17) is 5.73 Å². The van der Waals surface area contributed by atoms with E-state index in [1.54, 1.807) is 11.8 Å². The molecule has 1 aliphatic heterocycles. The molecule has 2 unspecified atom stereocenters. The summed E-state index contributed by atoms with van der Waals surface area (Å²) in [5.74, 6) is -0.561. The third-order valence-corrected chi connectivity index (χ3v) is 3.52. The Hall–Kier alpha value is -1.88. The SMILES string of the molecule is CC1C(=O)NCCN1C(=O)C(CN)c1ccccc1. The summed E-state index contributed by atoms with van der Waals surface area (Å²) >= 11 is 0. The lowest BCUT2D eigenvalue weighted by Crippen LogP contribution is -2.57. The van der Waals surface area contributed by atoms with Crippen LogP contribution in [0.4, 0.5) is 0 Å². The molecule has 19 heavy (non-hydrogen) atoms. The van der Waals surface area contributed by atoms with Crippen molar-refractivity contribution in [1.82, 2.24) is 10.2 Å². The number of amides is 2. The number of benzene rings is 1. The van der Waals surface area contributed by atoms with Gasteiger partial charge in [-0.1, -0.05) is 30.3 Å². The molecule has 0 aliphatic carbocycles. The fourth-order valence-electron chi connectivity index (χ4n) is 2.35. The van der Waals surface area contributed by atoms with E-state index < -0.39 is 6.04 Å². The second-order valence-corrected chi connectivity index (χ2v) is 4.70. The first-order chi connectivity index (χ1) is 9.15. The van der Waals surface area contributed by atoms with Crippen molar-refractivity contribution < 1.29 is 9.59 Å². The third-order valence-electron chi connectivity index (χ3n) is 3.52. The van der Waals surface area contributed by atoms with E-state index in [9.17, 15) is 9.59 Å². The summed E-state index contributed by atoms with van der Waals surface area (Å²) in [6.07, 6.45) is 0. The summed E-state index contributed by atoms with van der Waals surface area (Å²) in [6.45, 7) is 3.02. The van der Waals surface area contributed by atoms with E-state index in [0.29, 0.717) is 13.1 Å². The Bertz CT molecular complexity index is 461. The quantitative estimate of drug-likeness (QED) is 0.809. The van der Waals surface area contributed by atoms with Crippen LogP contribution in [0.25, 0.3) is 0 Å². The lowest BCUT2D eigenvalue weighted by atomic mass is 9.96. The molecule has 2 rings (SSSR count). The molecule has 0 saturated carbocycles. The van der Waals surface area contributed by atoms with Crippen molar-refractivity contribution in [2.75, 3.05) is 19.6 Å². The van der Waals surface area contributed by atoms with Crippen LogP contribution in [-0.2, 0) is 9.59 Å².